The van der Waals surface area contributed by atoms with Crippen LogP contribution < -0.4 is 5.32 Å². The smallest absolute Gasteiger partial charge is 0.194 e. The molecule has 1 aliphatic rings. The summed E-state index contributed by atoms with van der Waals surface area (Å²) in [5.41, 5.74) is 2.48. The first-order valence-electron chi connectivity index (χ1n) is 11.6. The Morgan fingerprint density at radius 3 is 2.62 bits per heavy atom. The summed E-state index contributed by atoms with van der Waals surface area (Å²) in [6.45, 7) is 12.6. The zero-order valence-corrected chi connectivity index (χ0v) is 22.2. The lowest BCUT2D eigenvalue weighted by Crippen LogP contribution is -2.49. The van der Waals surface area contributed by atoms with Gasteiger partial charge in [0.2, 0.25) is 0 Å². The molecule has 178 valence electrons. The van der Waals surface area contributed by atoms with Crippen LogP contribution in [0.25, 0.3) is 0 Å². The zero-order valence-electron chi connectivity index (χ0n) is 19.9. The second kappa shape index (κ2) is 13.8. The first-order chi connectivity index (χ1) is 15.1. The van der Waals surface area contributed by atoms with Gasteiger partial charge in [0.15, 0.2) is 5.96 Å². The van der Waals surface area contributed by atoms with Gasteiger partial charge in [-0.05, 0) is 32.0 Å². The standard InChI is InChI=1S/C24H38N6O.HI/c1-5-25-24(30-13-14-31-23(19-30)21-16-27-28(4)18-21)26-17-22(29(6-2)7-3)15-20-11-9-8-10-12-20;/h8-12,16,18,22-23H,5-7,13-15,17,19H2,1-4H3,(H,25,26);1H. The van der Waals surface area contributed by atoms with Crippen LogP contribution in [-0.2, 0) is 18.2 Å². The number of benzene rings is 1. The molecule has 1 aliphatic heterocycles. The Hall–Kier alpha value is -1.65. The first kappa shape index (κ1) is 26.6. The Balaban J connectivity index is 0.00000363. The lowest BCUT2D eigenvalue weighted by atomic mass is 10.0. The summed E-state index contributed by atoms with van der Waals surface area (Å²) < 4.78 is 7.86. The molecule has 0 spiro atoms. The topological polar surface area (TPSA) is 57.9 Å². The molecular formula is C24H39IN6O. The van der Waals surface area contributed by atoms with Crippen LogP contribution in [-0.4, -0.2) is 77.5 Å². The Bertz CT molecular complexity index is 808. The number of aliphatic imine (C=N–C) groups is 1. The number of guanidine groups is 1. The fourth-order valence-corrected chi connectivity index (χ4v) is 4.20. The molecule has 1 saturated heterocycles. The Morgan fingerprint density at radius 2 is 2.00 bits per heavy atom. The van der Waals surface area contributed by atoms with Crippen molar-refractivity contribution in [3.8, 4) is 0 Å². The highest BCUT2D eigenvalue weighted by Crippen LogP contribution is 2.21. The summed E-state index contributed by atoms with van der Waals surface area (Å²) in [4.78, 5) is 9.93. The molecule has 0 radical (unpaired) electrons. The average Bonchev–Trinajstić information content (AvgIpc) is 3.24. The lowest BCUT2D eigenvalue weighted by Gasteiger charge is -2.35. The monoisotopic (exact) mass is 554 g/mol. The number of aryl methyl sites for hydroxylation is 1. The number of hydrogen-bond acceptors (Lipinski definition) is 4. The van der Waals surface area contributed by atoms with E-state index in [1.54, 1.807) is 0 Å². The summed E-state index contributed by atoms with van der Waals surface area (Å²) in [5.74, 6) is 0.977. The summed E-state index contributed by atoms with van der Waals surface area (Å²) in [6, 6.07) is 11.1. The third kappa shape index (κ3) is 7.45. The first-order valence-corrected chi connectivity index (χ1v) is 11.6. The molecule has 3 rings (SSSR count). The molecule has 2 atom stereocenters. The van der Waals surface area contributed by atoms with Crippen molar-refractivity contribution >= 4 is 29.9 Å². The van der Waals surface area contributed by atoms with E-state index in [1.807, 2.05) is 24.1 Å². The fourth-order valence-electron chi connectivity index (χ4n) is 4.20. The number of hydrogen-bond donors (Lipinski definition) is 1. The third-order valence-electron chi connectivity index (χ3n) is 5.89. The third-order valence-corrected chi connectivity index (χ3v) is 5.89. The van der Waals surface area contributed by atoms with E-state index in [0.717, 1.165) is 57.2 Å². The number of rotatable bonds is 9. The summed E-state index contributed by atoms with van der Waals surface area (Å²) in [6.07, 6.45) is 4.96. The van der Waals surface area contributed by atoms with Gasteiger partial charge in [-0.25, -0.2) is 0 Å². The maximum absolute atomic E-state index is 6.03. The van der Waals surface area contributed by atoms with Gasteiger partial charge in [0, 0.05) is 37.9 Å². The Kier molecular flexibility index (Phi) is 11.5. The minimum absolute atomic E-state index is 0. The number of aromatic nitrogens is 2. The van der Waals surface area contributed by atoms with Gasteiger partial charge in [0.25, 0.3) is 0 Å². The van der Waals surface area contributed by atoms with Crippen molar-refractivity contribution in [2.45, 2.75) is 39.3 Å². The predicted molar refractivity (Wildman–Crippen MR) is 142 cm³/mol. The van der Waals surface area contributed by atoms with Gasteiger partial charge >= 0.3 is 0 Å². The minimum atomic E-state index is 0. The van der Waals surface area contributed by atoms with Crippen molar-refractivity contribution in [3.05, 3.63) is 53.9 Å². The quantitative estimate of drug-likeness (QED) is 0.293. The fraction of sp³-hybridized carbons (Fsp3) is 0.583. The second-order valence-corrected chi connectivity index (χ2v) is 8.01. The SMILES string of the molecule is CCNC(=NCC(Cc1ccccc1)N(CC)CC)N1CCOC(c2cnn(C)c2)C1.I. The minimum Gasteiger partial charge on any atom is -0.370 e. The molecule has 7 nitrogen and oxygen atoms in total. The number of halogens is 1. The van der Waals surface area contributed by atoms with Crippen LogP contribution in [0.5, 0.6) is 0 Å². The van der Waals surface area contributed by atoms with Crippen LogP contribution in [0.2, 0.25) is 0 Å². The van der Waals surface area contributed by atoms with Gasteiger partial charge in [0.1, 0.15) is 6.10 Å². The van der Waals surface area contributed by atoms with Crippen LogP contribution in [0.1, 0.15) is 38.0 Å². The van der Waals surface area contributed by atoms with E-state index in [1.165, 1.54) is 5.56 Å². The van der Waals surface area contributed by atoms with Crippen molar-refractivity contribution in [2.75, 3.05) is 45.9 Å². The summed E-state index contributed by atoms with van der Waals surface area (Å²) in [7, 11) is 1.94. The summed E-state index contributed by atoms with van der Waals surface area (Å²) in [5, 5.41) is 7.81. The second-order valence-electron chi connectivity index (χ2n) is 8.01. The van der Waals surface area contributed by atoms with Crippen LogP contribution >= 0.6 is 24.0 Å². The van der Waals surface area contributed by atoms with Crippen molar-refractivity contribution in [1.82, 2.24) is 24.9 Å². The number of morpholine rings is 1. The molecule has 0 aliphatic carbocycles. The molecule has 8 heteroatoms. The van der Waals surface area contributed by atoms with Gasteiger partial charge in [-0.2, -0.15) is 5.10 Å². The zero-order chi connectivity index (χ0) is 22.1. The molecule has 1 fully saturated rings. The van der Waals surface area contributed by atoms with E-state index >= 15 is 0 Å². The van der Waals surface area contributed by atoms with E-state index in [2.05, 4.69) is 71.3 Å². The van der Waals surface area contributed by atoms with Crippen LogP contribution in [0.3, 0.4) is 0 Å². The molecular weight excluding hydrogens is 515 g/mol. The molecule has 1 N–H and O–H groups in total. The van der Waals surface area contributed by atoms with Crippen molar-refractivity contribution in [3.63, 3.8) is 0 Å². The predicted octanol–water partition coefficient (Wildman–Crippen LogP) is 3.33. The maximum Gasteiger partial charge on any atom is 0.194 e. The Morgan fingerprint density at radius 1 is 1.25 bits per heavy atom. The van der Waals surface area contributed by atoms with E-state index in [0.29, 0.717) is 12.6 Å². The lowest BCUT2D eigenvalue weighted by molar-refractivity contribution is -0.00808. The molecule has 0 saturated carbocycles. The molecule has 2 heterocycles. The van der Waals surface area contributed by atoms with Gasteiger partial charge in [-0.3, -0.25) is 14.6 Å². The average molecular weight is 555 g/mol. The van der Waals surface area contributed by atoms with E-state index in [9.17, 15) is 0 Å². The molecule has 32 heavy (non-hydrogen) atoms. The molecule has 2 aromatic rings. The molecule has 2 unspecified atom stereocenters. The number of nitrogens with zero attached hydrogens (tertiary/aromatic N) is 5. The normalized spacial score (nSPS) is 17.8. The highest BCUT2D eigenvalue weighted by atomic mass is 127. The number of nitrogens with one attached hydrogen (secondary N) is 1. The molecule has 0 amide bonds. The van der Waals surface area contributed by atoms with Gasteiger partial charge < -0.3 is 15.0 Å². The van der Waals surface area contributed by atoms with Crippen LogP contribution in [0, 0.1) is 0 Å². The van der Waals surface area contributed by atoms with Crippen molar-refractivity contribution in [2.24, 2.45) is 12.0 Å². The number of ether oxygens (including phenoxy) is 1. The van der Waals surface area contributed by atoms with E-state index in [4.69, 9.17) is 9.73 Å². The van der Waals surface area contributed by atoms with Crippen LogP contribution in [0.15, 0.2) is 47.7 Å². The highest BCUT2D eigenvalue weighted by Gasteiger charge is 2.25. The van der Waals surface area contributed by atoms with E-state index in [-0.39, 0.29) is 30.1 Å². The largest absolute Gasteiger partial charge is 0.370 e. The Labute approximate surface area is 210 Å². The maximum atomic E-state index is 6.03. The van der Waals surface area contributed by atoms with E-state index < -0.39 is 0 Å². The molecule has 1 aromatic carbocycles. The van der Waals surface area contributed by atoms with Crippen molar-refractivity contribution < 1.29 is 4.74 Å². The van der Waals surface area contributed by atoms with Crippen LogP contribution in [0.4, 0.5) is 0 Å². The number of likely N-dealkylation sites (N-methyl/N-ethyl adjacent to an activating group) is 1. The van der Waals surface area contributed by atoms with Crippen molar-refractivity contribution in [1.29, 1.82) is 0 Å². The summed E-state index contributed by atoms with van der Waals surface area (Å²) >= 11 is 0. The van der Waals surface area contributed by atoms with Gasteiger partial charge in [-0.1, -0.05) is 44.2 Å². The van der Waals surface area contributed by atoms with Gasteiger partial charge in [-0.15, -0.1) is 24.0 Å². The van der Waals surface area contributed by atoms with Gasteiger partial charge in [0.05, 0.1) is 25.9 Å². The molecule has 0 bridgehead atoms. The highest BCUT2D eigenvalue weighted by molar-refractivity contribution is 14.0. The molecule has 1 aromatic heterocycles.